The van der Waals surface area contributed by atoms with Crippen molar-refractivity contribution in [3.05, 3.63) is 0 Å². The molecule has 2 fully saturated rings. The molecule has 96 valence electrons. The van der Waals surface area contributed by atoms with Crippen molar-refractivity contribution in [3.63, 3.8) is 0 Å². The minimum Gasteiger partial charge on any atom is -0.303 e. The molecule has 4 unspecified atom stereocenters. The number of terminal acetylenes is 1. The summed E-state index contributed by atoms with van der Waals surface area (Å²) in [6.45, 7) is 3.28. The van der Waals surface area contributed by atoms with E-state index in [-0.39, 0.29) is 0 Å². The largest absolute Gasteiger partial charge is 0.303 e. The van der Waals surface area contributed by atoms with Gasteiger partial charge >= 0.3 is 0 Å². The fourth-order valence-corrected chi connectivity index (χ4v) is 3.87. The second-order valence-electron chi connectivity index (χ2n) is 5.98. The van der Waals surface area contributed by atoms with Crippen LogP contribution in [-0.2, 0) is 0 Å². The molecule has 17 heavy (non-hydrogen) atoms. The van der Waals surface area contributed by atoms with Crippen LogP contribution in [0.2, 0.25) is 0 Å². The Morgan fingerprint density at radius 2 is 1.94 bits per heavy atom. The average molecular weight is 233 g/mol. The molecule has 0 aromatic rings. The second kappa shape index (κ2) is 6.45. The first-order valence-electron chi connectivity index (χ1n) is 7.54. The van der Waals surface area contributed by atoms with Crippen molar-refractivity contribution in [3.8, 4) is 12.3 Å². The first-order valence-corrected chi connectivity index (χ1v) is 7.54. The van der Waals surface area contributed by atoms with Crippen LogP contribution in [0.15, 0.2) is 0 Å². The van der Waals surface area contributed by atoms with Gasteiger partial charge in [0.2, 0.25) is 0 Å². The van der Waals surface area contributed by atoms with E-state index in [9.17, 15) is 0 Å². The normalized spacial score (nSPS) is 34.7. The van der Waals surface area contributed by atoms with Gasteiger partial charge in [-0.05, 0) is 50.0 Å². The molecule has 0 heterocycles. The summed E-state index contributed by atoms with van der Waals surface area (Å²) in [7, 11) is 0. The Bertz CT molecular complexity index is 265. The van der Waals surface area contributed by atoms with E-state index in [1.165, 1.54) is 51.4 Å². The van der Waals surface area contributed by atoms with Crippen LogP contribution in [0.4, 0.5) is 0 Å². The third kappa shape index (κ3) is 3.26. The molecule has 1 nitrogen and oxygen atoms in total. The third-order valence-electron chi connectivity index (χ3n) is 4.85. The zero-order chi connectivity index (χ0) is 12.1. The smallest absolute Gasteiger partial charge is 0.0715 e. The van der Waals surface area contributed by atoms with Gasteiger partial charge in [0.05, 0.1) is 6.04 Å². The summed E-state index contributed by atoms with van der Waals surface area (Å²) in [5, 5.41) is 3.55. The molecular formula is C16H27N. The van der Waals surface area contributed by atoms with E-state index in [1.807, 2.05) is 0 Å². The summed E-state index contributed by atoms with van der Waals surface area (Å²) in [6.07, 6.45) is 16.9. The molecule has 0 spiro atoms. The summed E-state index contributed by atoms with van der Waals surface area (Å²) in [6, 6.07) is 0.331. The van der Waals surface area contributed by atoms with Crippen molar-refractivity contribution in [2.45, 2.75) is 64.3 Å². The maximum atomic E-state index is 5.70. The highest BCUT2D eigenvalue weighted by Gasteiger charge is 2.34. The average Bonchev–Trinajstić information content (AvgIpc) is 2.39. The highest BCUT2D eigenvalue weighted by molar-refractivity contribution is 5.04. The third-order valence-corrected chi connectivity index (χ3v) is 4.85. The second-order valence-corrected chi connectivity index (χ2v) is 5.98. The van der Waals surface area contributed by atoms with Crippen LogP contribution in [0.25, 0.3) is 0 Å². The molecule has 4 atom stereocenters. The van der Waals surface area contributed by atoms with Gasteiger partial charge < -0.3 is 5.32 Å². The van der Waals surface area contributed by atoms with E-state index >= 15 is 0 Å². The lowest BCUT2D eigenvalue weighted by molar-refractivity contribution is 0.119. The summed E-state index contributed by atoms with van der Waals surface area (Å²) in [5.41, 5.74) is 0. The lowest BCUT2D eigenvalue weighted by Gasteiger charge is -2.41. The molecule has 2 aliphatic rings. The van der Waals surface area contributed by atoms with Crippen molar-refractivity contribution in [1.29, 1.82) is 0 Å². The highest BCUT2D eigenvalue weighted by atomic mass is 14.9. The number of nitrogens with one attached hydrogen (secondary N) is 1. The van der Waals surface area contributed by atoms with Gasteiger partial charge in [-0.1, -0.05) is 38.5 Å². The van der Waals surface area contributed by atoms with Gasteiger partial charge in [0.25, 0.3) is 0 Å². The van der Waals surface area contributed by atoms with Crippen molar-refractivity contribution in [2.75, 3.05) is 6.54 Å². The van der Waals surface area contributed by atoms with Crippen LogP contribution in [0.1, 0.15) is 58.3 Å². The van der Waals surface area contributed by atoms with Gasteiger partial charge in [0.1, 0.15) is 0 Å². The Morgan fingerprint density at radius 3 is 2.65 bits per heavy atom. The van der Waals surface area contributed by atoms with Crippen LogP contribution in [0, 0.1) is 30.1 Å². The molecule has 0 amide bonds. The predicted octanol–water partition coefficient (Wildman–Crippen LogP) is 3.59. The molecule has 1 heteroatoms. The summed E-state index contributed by atoms with van der Waals surface area (Å²) in [4.78, 5) is 0. The summed E-state index contributed by atoms with van der Waals surface area (Å²) >= 11 is 0. The lowest BCUT2D eigenvalue weighted by Crippen LogP contribution is -2.40. The van der Waals surface area contributed by atoms with Crippen LogP contribution >= 0.6 is 0 Å². The number of rotatable bonds is 4. The Morgan fingerprint density at radius 1 is 1.18 bits per heavy atom. The van der Waals surface area contributed by atoms with E-state index in [0.717, 1.165) is 24.3 Å². The van der Waals surface area contributed by atoms with Gasteiger partial charge in [-0.15, -0.1) is 6.42 Å². The molecule has 2 rings (SSSR count). The topological polar surface area (TPSA) is 12.0 Å². The molecular weight excluding hydrogens is 206 g/mol. The van der Waals surface area contributed by atoms with Crippen molar-refractivity contribution in [1.82, 2.24) is 5.32 Å². The van der Waals surface area contributed by atoms with E-state index in [0.29, 0.717) is 6.04 Å². The quantitative estimate of drug-likeness (QED) is 0.732. The summed E-state index contributed by atoms with van der Waals surface area (Å²) in [5.74, 6) is 5.75. The van der Waals surface area contributed by atoms with Gasteiger partial charge in [-0.2, -0.15) is 0 Å². The van der Waals surface area contributed by atoms with Crippen LogP contribution in [-0.4, -0.2) is 12.6 Å². The zero-order valence-corrected chi connectivity index (χ0v) is 11.3. The van der Waals surface area contributed by atoms with Gasteiger partial charge in [0, 0.05) is 0 Å². The fraction of sp³-hybridized carbons (Fsp3) is 0.875. The van der Waals surface area contributed by atoms with Crippen LogP contribution in [0.3, 0.4) is 0 Å². The maximum absolute atomic E-state index is 5.70. The van der Waals surface area contributed by atoms with Crippen molar-refractivity contribution in [2.24, 2.45) is 17.8 Å². The Kier molecular flexibility index (Phi) is 4.92. The van der Waals surface area contributed by atoms with Crippen molar-refractivity contribution >= 4 is 0 Å². The van der Waals surface area contributed by atoms with E-state index in [4.69, 9.17) is 6.42 Å². The minimum atomic E-state index is 0.331. The monoisotopic (exact) mass is 233 g/mol. The van der Waals surface area contributed by atoms with Gasteiger partial charge in [-0.25, -0.2) is 0 Å². The maximum Gasteiger partial charge on any atom is 0.0715 e. The van der Waals surface area contributed by atoms with Gasteiger partial charge in [0.15, 0.2) is 0 Å². The minimum absolute atomic E-state index is 0.331. The van der Waals surface area contributed by atoms with E-state index in [1.54, 1.807) is 0 Å². The first-order chi connectivity index (χ1) is 8.35. The fourth-order valence-electron chi connectivity index (χ4n) is 3.87. The molecule has 0 bridgehead atoms. The van der Waals surface area contributed by atoms with Crippen LogP contribution in [0.5, 0.6) is 0 Å². The lowest BCUT2D eigenvalue weighted by atomic mass is 9.66. The molecule has 2 saturated carbocycles. The molecule has 0 aliphatic heterocycles. The van der Waals surface area contributed by atoms with E-state index in [2.05, 4.69) is 18.2 Å². The Balaban J connectivity index is 1.87. The predicted molar refractivity (Wildman–Crippen MR) is 73.7 cm³/mol. The number of hydrogen-bond acceptors (Lipinski definition) is 1. The standard InChI is InChI=1S/C16H27N/c1-3-11-17-16(4-2)15-10-9-13-7-5-6-8-14(13)12-15/h2,13-17H,3,5-12H2,1H3. The molecule has 0 saturated heterocycles. The van der Waals surface area contributed by atoms with Crippen molar-refractivity contribution < 1.29 is 0 Å². The first kappa shape index (κ1) is 13.0. The Labute approximate surface area is 107 Å². The molecule has 0 aromatic heterocycles. The highest BCUT2D eigenvalue weighted by Crippen LogP contribution is 2.43. The Hall–Kier alpha value is -0.480. The number of fused-ring (bicyclic) bond motifs is 1. The zero-order valence-electron chi connectivity index (χ0n) is 11.3. The summed E-state index contributed by atoms with van der Waals surface area (Å²) < 4.78 is 0. The molecule has 2 aliphatic carbocycles. The molecule has 1 N–H and O–H groups in total. The number of hydrogen-bond donors (Lipinski definition) is 1. The van der Waals surface area contributed by atoms with Gasteiger partial charge in [-0.3, -0.25) is 0 Å². The van der Waals surface area contributed by atoms with E-state index < -0.39 is 0 Å². The molecule has 0 aromatic carbocycles. The van der Waals surface area contributed by atoms with Crippen LogP contribution < -0.4 is 5.32 Å². The molecule has 0 radical (unpaired) electrons. The SMILES string of the molecule is C#CC(NCCC)C1CCC2CCCCC2C1.